The van der Waals surface area contributed by atoms with Crippen LogP contribution in [0.2, 0.25) is 0 Å². The van der Waals surface area contributed by atoms with Crippen LogP contribution < -0.4 is 5.32 Å². The van der Waals surface area contributed by atoms with Crippen LogP contribution in [-0.4, -0.2) is 48.1 Å². The maximum Gasteiger partial charge on any atom is 0.0219 e. The van der Waals surface area contributed by atoms with E-state index in [-0.39, 0.29) is 0 Å². The van der Waals surface area contributed by atoms with Crippen LogP contribution >= 0.6 is 11.8 Å². The molecule has 0 radical (unpaired) electrons. The molecule has 0 aromatic carbocycles. The van der Waals surface area contributed by atoms with Crippen molar-refractivity contribution < 1.29 is 0 Å². The summed E-state index contributed by atoms with van der Waals surface area (Å²) in [5.41, 5.74) is 0. The number of hydrogen-bond donors (Lipinski definition) is 1. The summed E-state index contributed by atoms with van der Waals surface area (Å²) in [6.07, 6.45) is 4.73. The average Bonchev–Trinajstić information content (AvgIpc) is 2.28. The summed E-state index contributed by atoms with van der Waals surface area (Å²) in [6.45, 7) is 10.6. The van der Waals surface area contributed by atoms with Gasteiger partial charge in [-0.05, 0) is 19.1 Å². The zero-order valence-corrected chi connectivity index (χ0v) is 11.4. The molecular weight excluding hydrogens is 204 g/mol. The van der Waals surface area contributed by atoms with E-state index in [9.17, 15) is 0 Å². The highest BCUT2D eigenvalue weighted by Gasteiger charge is 2.26. The standard InChI is InChI=1S/C12H26N2S/c1-5-11-9-14(8-10(3)15-4)12(6-2)7-13-11/h10-13H,5-9H2,1-4H3. The highest BCUT2D eigenvalue weighted by molar-refractivity contribution is 7.99. The van der Waals surface area contributed by atoms with Crippen molar-refractivity contribution >= 4 is 11.8 Å². The molecule has 0 spiro atoms. The molecule has 1 N–H and O–H groups in total. The number of nitrogens with zero attached hydrogens (tertiary/aromatic N) is 1. The highest BCUT2D eigenvalue weighted by atomic mass is 32.2. The van der Waals surface area contributed by atoms with Gasteiger partial charge in [0.15, 0.2) is 0 Å². The molecule has 3 atom stereocenters. The van der Waals surface area contributed by atoms with Crippen molar-refractivity contribution in [2.45, 2.75) is 50.9 Å². The van der Waals surface area contributed by atoms with E-state index in [2.05, 4.69) is 37.2 Å². The second-order valence-corrected chi connectivity index (χ2v) is 5.85. The minimum Gasteiger partial charge on any atom is -0.311 e. The normalized spacial score (nSPS) is 30.4. The zero-order valence-electron chi connectivity index (χ0n) is 10.6. The summed E-state index contributed by atoms with van der Waals surface area (Å²) in [5.74, 6) is 0. The van der Waals surface area contributed by atoms with Gasteiger partial charge in [-0.25, -0.2) is 0 Å². The molecule has 1 saturated heterocycles. The molecule has 0 aromatic rings. The van der Waals surface area contributed by atoms with Crippen LogP contribution in [0.5, 0.6) is 0 Å². The van der Waals surface area contributed by atoms with E-state index in [4.69, 9.17) is 0 Å². The Morgan fingerprint density at radius 3 is 2.67 bits per heavy atom. The van der Waals surface area contributed by atoms with Crippen LogP contribution in [0.15, 0.2) is 0 Å². The van der Waals surface area contributed by atoms with Crippen LogP contribution in [0.3, 0.4) is 0 Å². The van der Waals surface area contributed by atoms with Crippen LogP contribution in [-0.2, 0) is 0 Å². The SMILES string of the molecule is CCC1CN(CC(C)SC)C(CC)CN1. The smallest absolute Gasteiger partial charge is 0.0219 e. The number of piperazine rings is 1. The van der Waals surface area contributed by atoms with Gasteiger partial charge in [0.1, 0.15) is 0 Å². The minimum atomic E-state index is 0.710. The van der Waals surface area contributed by atoms with Gasteiger partial charge in [-0.2, -0.15) is 11.8 Å². The van der Waals surface area contributed by atoms with Gasteiger partial charge in [0, 0.05) is 37.0 Å². The topological polar surface area (TPSA) is 15.3 Å². The van der Waals surface area contributed by atoms with Gasteiger partial charge >= 0.3 is 0 Å². The van der Waals surface area contributed by atoms with Gasteiger partial charge in [-0.3, -0.25) is 4.90 Å². The van der Waals surface area contributed by atoms with Crippen molar-refractivity contribution in [3.8, 4) is 0 Å². The molecule has 0 saturated carbocycles. The Balaban J connectivity index is 2.47. The Hall–Kier alpha value is 0.270. The molecule has 3 heteroatoms. The lowest BCUT2D eigenvalue weighted by Crippen LogP contribution is -2.57. The molecule has 15 heavy (non-hydrogen) atoms. The number of rotatable bonds is 5. The lowest BCUT2D eigenvalue weighted by Gasteiger charge is -2.41. The van der Waals surface area contributed by atoms with Crippen molar-refractivity contribution in [2.24, 2.45) is 0 Å². The Morgan fingerprint density at radius 2 is 2.13 bits per heavy atom. The molecule has 1 rings (SSSR count). The lowest BCUT2D eigenvalue weighted by molar-refractivity contribution is 0.127. The summed E-state index contributed by atoms with van der Waals surface area (Å²) in [7, 11) is 0. The molecule has 1 aliphatic rings. The fraction of sp³-hybridized carbons (Fsp3) is 1.00. The first-order chi connectivity index (χ1) is 7.21. The van der Waals surface area contributed by atoms with Crippen molar-refractivity contribution in [3.63, 3.8) is 0 Å². The molecule has 3 unspecified atom stereocenters. The molecule has 0 amide bonds. The lowest BCUT2D eigenvalue weighted by atomic mass is 10.1. The van der Waals surface area contributed by atoms with Gasteiger partial charge in [0.05, 0.1) is 0 Å². The molecule has 0 aliphatic carbocycles. The van der Waals surface area contributed by atoms with Crippen LogP contribution in [0.25, 0.3) is 0 Å². The summed E-state index contributed by atoms with van der Waals surface area (Å²) in [5, 5.41) is 4.40. The first-order valence-corrected chi connectivity index (χ1v) is 7.50. The largest absolute Gasteiger partial charge is 0.311 e. The van der Waals surface area contributed by atoms with Crippen molar-refractivity contribution in [1.82, 2.24) is 10.2 Å². The summed E-state index contributed by atoms with van der Waals surface area (Å²) in [4.78, 5) is 2.69. The molecule has 2 nitrogen and oxygen atoms in total. The van der Waals surface area contributed by atoms with Crippen molar-refractivity contribution in [1.29, 1.82) is 0 Å². The number of hydrogen-bond acceptors (Lipinski definition) is 3. The predicted octanol–water partition coefficient (Wildman–Crippen LogP) is 2.20. The molecule has 90 valence electrons. The Labute approximate surface area is 99.2 Å². The fourth-order valence-electron chi connectivity index (χ4n) is 2.23. The predicted molar refractivity (Wildman–Crippen MR) is 70.7 cm³/mol. The van der Waals surface area contributed by atoms with Crippen LogP contribution in [0.1, 0.15) is 33.6 Å². The molecule has 0 bridgehead atoms. The summed E-state index contributed by atoms with van der Waals surface area (Å²) < 4.78 is 0. The zero-order chi connectivity index (χ0) is 11.3. The van der Waals surface area contributed by atoms with Gasteiger partial charge in [-0.15, -0.1) is 0 Å². The Bertz CT molecular complexity index is 173. The molecule has 1 fully saturated rings. The minimum absolute atomic E-state index is 0.710. The van der Waals surface area contributed by atoms with E-state index in [1.165, 1.54) is 32.5 Å². The quantitative estimate of drug-likeness (QED) is 0.779. The van der Waals surface area contributed by atoms with Crippen LogP contribution in [0, 0.1) is 0 Å². The maximum absolute atomic E-state index is 3.64. The Morgan fingerprint density at radius 1 is 1.40 bits per heavy atom. The monoisotopic (exact) mass is 230 g/mol. The first-order valence-electron chi connectivity index (χ1n) is 6.21. The molecular formula is C12H26N2S. The average molecular weight is 230 g/mol. The van der Waals surface area contributed by atoms with E-state index in [1.54, 1.807) is 0 Å². The third kappa shape index (κ3) is 3.97. The molecule has 0 aromatic heterocycles. The fourth-order valence-corrected chi connectivity index (χ4v) is 2.57. The molecule has 1 heterocycles. The van der Waals surface area contributed by atoms with Crippen LogP contribution in [0.4, 0.5) is 0 Å². The van der Waals surface area contributed by atoms with Gasteiger partial charge in [-0.1, -0.05) is 20.8 Å². The second kappa shape index (κ2) is 6.77. The van der Waals surface area contributed by atoms with E-state index in [0.29, 0.717) is 6.04 Å². The van der Waals surface area contributed by atoms with Gasteiger partial charge in [0.2, 0.25) is 0 Å². The highest BCUT2D eigenvalue weighted by Crippen LogP contribution is 2.16. The van der Waals surface area contributed by atoms with E-state index in [0.717, 1.165) is 11.3 Å². The maximum atomic E-state index is 3.64. The summed E-state index contributed by atoms with van der Waals surface area (Å²) in [6, 6.07) is 1.46. The number of nitrogens with one attached hydrogen (secondary N) is 1. The Kier molecular flexibility index (Phi) is 6.02. The first kappa shape index (κ1) is 13.3. The van der Waals surface area contributed by atoms with E-state index >= 15 is 0 Å². The number of thioether (sulfide) groups is 1. The van der Waals surface area contributed by atoms with E-state index in [1.807, 2.05) is 11.8 Å². The van der Waals surface area contributed by atoms with Crippen molar-refractivity contribution in [3.05, 3.63) is 0 Å². The van der Waals surface area contributed by atoms with E-state index < -0.39 is 0 Å². The third-order valence-electron chi connectivity index (χ3n) is 3.47. The third-order valence-corrected chi connectivity index (χ3v) is 4.43. The van der Waals surface area contributed by atoms with Crippen molar-refractivity contribution in [2.75, 3.05) is 25.9 Å². The van der Waals surface area contributed by atoms with Gasteiger partial charge < -0.3 is 5.32 Å². The van der Waals surface area contributed by atoms with Gasteiger partial charge in [0.25, 0.3) is 0 Å². The summed E-state index contributed by atoms with van der Waals surface area (Å²) >= 11 is 1.98. The second-order valence-electron chi connectivity index (χ2n) is 4.58. The molecule has 1 aliphatic heterocycles.